The average Bonchev–Trinajstić information content (AvgIpc) is 3.10. The molecule has 122 valence electrons. The highest BCUT2D eigenvalue weighted by molar-refractivity contribution is 5.76. The van der Waals surface area contributed by atoms with E-state index in [1.165, 1.54) is 12.8 Å². The van der Waals surface area contributed by atoms with E-state index in [0.717, 1.165) is 36.8 Å². The van der Waals surface area contributed by atoms with Gasteiger partial charge in [-0.25, -0.2) is 0 Å². The van der Waals surface area contributed by atoms with Crippen molar-refractivity contribution >= 4 is 5.91 Å². The molecule has 6 nitrogen and oxygen atoms in total. The van der Waals surface area contributed by atoms with E-state index >= 15 is 0 Å². The second-order valence-corrected chi connectivity index (χ2v) is 6.67. The Balaban J connectivity index is 1.48. The number of hydrogen-bond acceptors (Lipinski definition) is 5. The number of aryl methyl sites for hydroxylation is 1. The summed E-state index contributed by atoms with van der Waals surface area (Å²) in [5.74, 6) is 1.68. The largest absolute Gasteiger partial charge is 0.361 e. The summed E-state index contributed by atoms with van der Waals surface area (Å²) in [5, 5.41) is 6.83. The van der Waals surface area contributed by atoms with Crippen LogP contribution in [0.5, 0.6) is 0 Å². The molecule has 1 saturated carbocycles. The number of hydrogen-bond donors (Lipinski definition) is 2. The average molecular weight is 306 g/mol. The Labute approximate surface area is 131 Å². The van der Waals surface area contributed by atoms with E-state index in [-0.39, 0.29) is 5.91 Å². The van der Waals surface area contributed by atoms with Crippen molar-refractivity contribution in [2.75, 3.05) is 13.1 Å². The number of rotatable bonds is 7. The Morgan fingerprint density at radius 2 is 2.18 bits per heavy atom. The van der Waals surface area contributed by atoms with Gasteiger partial charge in [-0.15, -0.1) is 0 Å². The summed E-state index contributed by atoms with van der Waals surface area (Å²) >= 11 is 0. The second-order valence-electron chi connectivity index (χ2n) is 6.67. The molecule has 0 radical (unpaired) electrons. The van der Waals surface area contributed by atoms with E-state index in [2.05, 4.69) is 15.4 Å². The first-order chi connectivity index (χ1) is 10.7. The Kier molecular flexibility index (Phi) is 4.78. The van der Waals surface area contributed by atoms with Crippen molar-refractivity contribution in [1.82, 2.24) is 15.4 Å². The summed E-state index contributed by atoms with van der Waals surface area (Å²) in [5.41, 5.74) is 6.66. The minimum absolute atomic E-state index is 0.0871. The third kappa shape index (κ3) is 3.87. The van der Waals surface area contributed by atoms with Gasteiger partial charge in [-0.2, -0.15) is 0 Å². The van der Waals surface area contributed by atoms with Gasteiger partial charge in [0.25, 0.3) is 0 Å². The van der Waals surface area contributed by atoms with E-state index in [9.17, 15) is 4.79 Å². The van der Waals surface area contributed by atoms with Gasteiger partial charge >= 0.3 is 0 Å². The Morgan fingerprint density at radius 1 is 1.41 bits per heavy atom. The number of aromatic nitrogens is 1. The molecule has 2 fully saturated rings. The maximum atomic E-state index is 12.2. The first-order valence-electron chi connectivity index (χ1n) is 8.30. The lowest BCUT2D eigenvalue weighted by Gasteiger charge is -2.29. The van der Waals surface area contributed by atoms with Crippen LogP contribution in [-0.2, 0) is 11.3 Å². The smallest absolute Gasteiger partial charge is 0.221 e. The van der Waals surface area contributed by atoms with Gasteiger partial charge in [0.15, 0.2) is 0 Å². The molecule has 2 atom stereocenters. The van der Waals surface area contributed by atoms with Crippen LogP contribution in [0.4, 0.5) is 0 Å². The van der Waals surface area contributed by atoms with Crippen molar-refractivity contribution in [2.24, 2.45) is 11.7 Å². The summed E-state index contributed by atoms with van der Waals surface area (Å²) in [6, 6.07) is 2.64. The van der Waals surface area contributed by atoms with Gasteiger partial charge in [0.2, 0.25) is 5.91 Å². The third-order valence-corrected chi connectivity index (χ3v) is 4.77. The van der Waals surface area contributed by atoms with Crippen LogP contribution in [0, 0.1) is 12.8 Å². The number of amides is 1. The molecule has 3 N–H and O–H groups in total. The molecule has 1 aromatic heterocycles. The fourth-order valence-electron chi connectivity index (χ4n) is 3.36. The van der Waals surface area contributed by atoms with Crippen molar-refractivity contribution < 1.29 is 9.32 Å². The highest BCUT2D eigenvalue weighted by Gasteiger charge is 2.37. The van der Waals surface area contributed by atoms with Gasteiger partial charge in [0.05, 0.1) is 6.54 Å². The Hall–Kier alpha value is -1.40. The SMILES string of the molecule is Cc1cc(CNC(=O)C[C@@H]2CC[C@H](CN)N2CC2CC2)no1. The van der Waals surface area contributed by atoms with Crippen LogP contribution in [0.2, 0.25) is 0 Å². The molecule has 1 amide bonds. The van der Waals surface area contributed by atoms with Crippen molar-refractivity contribution in [3.05, 3.63) is 17.5 Å². The van der Waals surface area contributed by atoms with Gasteiger partial charge in [-0.3, -0.25) is 9.69 Å². The highest BCUT2D eigenvalue weighted by atomic mass is 16.5. The topological polar surface area (TPSA) is 84.4 Å². The third-order valence-electron chi connectivity index (χ3n) is 4.77. The number of nitrogens with zero attached hydrogens (tertiary/aromatic N) is 2. The normalized spacial score (nSPS) is 25.5. The van der Waals surface area contributed by atoms with Crippen molar-refractivity contribution in [1.29, 1.82) is 0 Å². The van der Waals surface area contributed by atoms with E-state index in [0.29, 0.717) is 31.6 Å². The molecule has 0 unspecified atom stereocenters. The zero-order chi connectivity index (χ0) is 15.5. The predicted molar refractivity (Wildman–Crippen MR) is 83.0 cm³/mol. The number of nitrogens with two attached hydrogens (primary N) is 1. The van der Waals surface area contributed by atoms with Gasteiger partial charge in [-0.05, 0) is 38.5 Å². The van der Waals surface area contributed by atoms with Crippen LogP contribution in [-0.4, -0.2) is 41.1 Å². The summed E-state index contributed by atoms with van der Waals surface area (Å²) < 4.78 is 5.00. The van der Waals surface area contributed by atoms with E-state index < -0.39 is 0 Å². The molecule has 3 rings (SSSR count). The second kappa shape index (κ2) is 6.79. The number of likely N-dealkylation sites (tertiary alicyclic amines) is 1. The summed E-state index contributed by atoms with van der Waals surface area (Å²) in [7, 11) is 0. The first kappa shape index (κ1) is 15.5. The van der Waals surface area contributed by atoms with Gasteiger partial charge in [-0.1, -0.05) is 5.16 Å². The fraction of sp³-hybridized carbons (Fsp3) is 0.750. The van der Waals surface area contributed by atoms with Crippen molar-refractivity contribution in [3.8, 4) is 0 Å². The molecule has 22 heavy (non-hydrogen) atoms. The lowest BCUT2D eigenvalue weighted by atomic mass is 10.1. The zero-order valence-electron chi connectivity index (χ0n) is 13.3. The van der Waals surface area contributed by atoms with Crippen LogP contribution >= 0.6 is 0 Å². The molecule has 2 heterocycles. The van der Waals surface area contributed by atoms with Gasteiger partial charge in [0, 0.05) is 37.7 Å². The molecule has 6 heteroatoms. The molecule has 0 spiro atoms. The number of carbonyl (C=O) groups is 1. The molecular formula is C16H26N4O2. The van der Waals surface area contributed by atoms with Gasteiger partial charge < -0.3 is 15.6 Å². The molecule has 0 bridgehead atoms. The summed E-state index contributed by atoms with van der Waals surface area (Å²) in [6.45, 7) is 4.09. The minimum atomic E-state index is 0.0871. The molecule has 0 aromatic carbocycles. The van der Waals surface area contributed by atoms with Crippen molar-refractivity contribution in [2.45, 2.75) is 57.7 Å². The van der Waals surface area contributed by atoms with E-state index in [1.54, 1.807) is 0 Å². The summed E-state index contributed by atoms with van der Waals surface area (Å²) in [6.07, 6.45) is 5.41. The molecule has 1 aliphatic carbocycles. The van der Waals surface area contributed by atoms with E-state index in [1.807, 2.05) is 13.0 Å². The lowest BCUT2D eigenvalue weighted by Crippen LogP contribution is -2.43. The van der Waals surface area contributed by atoms with Crippen LogP contribution < -0.4 is 11.1 Å². The number of nitrogens with one attached hydrogen (secondary N) is 1. The molecule has 2 aliphatic rings. The molecule has 1 aromatic rings. The van der Waals surface area contributed by atoms with E-state index in [4.69, 9.17) is 10.3 Å². The van der Waals surface area contributed by atoms with Gasteiger partial charge in [0.1, 0.15) is 11.5 Å². The minimum Gasteiger partial charge on any atom is -0.361 e. The zero-order valence-corrected chi connectivity index (χ0v) is 13.3. The molecular weight excluding hydrogens is 280 g/mol. The van der Waals surface area contributed by atoms with Crippen molar-refractivity contribution in [3.63, 3.8) is 0 Å². The van der Waals surface area contributed by atoms with Crippen LogP contribution in [0.3, 0.4) is 0 Å². The Morgan fingerprint density at radius 3 is 2.82 bits per heavy atom. The quantitative estimate of drug-likeness (QED) is 0.790. The molecule has 1 saturated heterocycles. The molecule has 1 aliphatic heterocycles. The van der Waals surface area contributed by atoms with Crippen LogP contribution in [0.1, 0.15) is 43.6 Å². The summed E-state index contributed by atoms with van der Waals surface area (Å²) in [4.78, 5) is 14.7. The lowest BCUT2D eigenvalue weighted by molar-refractivity contribution is -0.122. The number of carbonyl (C=O) groups excluding carboxylic acids is 1. The standard InChI is InChI=1S/C16H26N4O2/c1-11-6-13(19-22-11)9-18-16(21)7-14-4-5-15(8-17)20(14)10-12-2-3-12/h6,12,14-15H,2-5,7-10,17H2,1H3,(H,18,21)/t14-,15+/m0/s1. The Bertz CT molecular complexity index is 512. The fourth-order valence-corrected chi connectivity index (χ4v) is 3.36. The maximum Gasteiger partial charge on any atom is 0.221 e. The first-order valence-corrected chi connectivity index (χ1v) is 8.30. The highest BCUT2D eigenvalue weighted by Crippen LogP contribution is 2.35. The van der Waals surface area contributed by atoms with Crippen LogP contribution in [0.25, 0.3) is 0 Å². The maximum absolute atomic E-state index is 12.2. The predicted octanol–water partition coefficient (Wildman–Crippen LogP) is 1.19. The monoisotopic (exact) mass is 306 g/mol. The van der Waals surface area contributed by atoms with Crippen LogP contribution in [0.15, 0.2) is 10.6 Å².